The van der Waals surface area contributed by atoms with E-state index < -0.39 is 0 Å². The summed E-state index contributed by atoms with van der Waals surface area (Å²) >= 11 is 0. The molecule has 21 heavy (non-hydrogen) atoms. The molecular weight excluding hydrogens is 260 g/mol. The third-order valence-electron chi connectivity index (χ3n) is 3.61. The topological polar surface area (TPSA) is 42.7 Å². The van der Waals surface area contributed by atoms with Gasteiger partial charge in [-0.15, -0.1) is 5.10 Å². The summed E-state index contributed by atoms with van der Waals surface area (Å²) in [5, 5.41) is 11.9. The van der Waals surface area contributed by atoms with Crippen LogP contribution >= 0.6 is 0 Å². The highest BCUT2D eigenvalue weighted by atomic mass is 15.4. The van der Waals surface area contributed by atoms with Gasteiger partial charge in [0.25, 0.3) is 0 Å². The number of aryl methyl sites for hydroxylation is 3. The predicted molar refractivity (Wildman–Crippen MR) is 86.3 cm³/mol. The molecule has 0 bridgehead atoms. The first-order chi connectivity index (χ1) is 9.95. The van der Waals surface area contributed by atoms with Crippen LogP contribution in [0, 0.1) is 26.7 Å². The third kappa shape index (κ3) is 4.39. The van der Waals surface area contributed by atoms with Gasteiger partial charge in [0.05, 0.1) is 18.4 Å². The molecule has 1 aromatic heterocycles. The van der Waals surface area contributed by atoms with Crippen LogP contribution in [-0.4, -0.2) is 21.5 Å². The van der Waals surface area contributed by atoms with E-state index in [9.17, 15) is 0 Å². The summed E-state index contributed by atoms with van der Waals surface area (Å²) in [6.07, 6.45) is 2.03. The van der Waals surface area contributed by atoms with E-state index in [-0.39, 0.29) is 0 Å². The first-order valence-electron chi connectivity index (χ1n) is 7.62. The minimum absolute atomic E-state index is 0.651. The summed E-state index contributed by atoms with van der Waals surface area (Å²) < 4.78 is 1.93. The van der Waals surface area contributed by atoms with Gasteiger partial charge in [-0.2, -0.15) is 0 Å². The zero-order valence-electron chi connectivity index (χ0n) is 13.8. The molecule has 0 aliphatic rings. The van der Waals surface area contributed by atoms with E-state index in [1.165, 1.54) is 22.3 Å². The minimum Gasteiger partial charge on any atom is -0.311 e. The molecular formula is C17H26N4. The molecule has 2 aromatic rings. The van der Waals surface area contributed by atoms with E-state index in [0.29, 0.717) is 5.92 Å². The Labute approximate surface area is 127 Å². The summed E-state index contributed by atoms with van der Waals surface area (Å²) in [4.78, 5) is 0. The summed E-state index contributed by atoms with van der Waals surface area (Å²) in [5.74, 6) is 0.651. The second-order valence-corrected chi connectivity index (χ2v) is 6.31. The van der Waals surface area contributed by atoms with Crippen LogP contribution < -0.4 is 5.32 Å². The van der Waals surface area contributed by atoms with Gasteiger partial charge < -0.3 is 5.32 Å². The van der Waals surface area contributed by atoms with Gasteiger partial charge in [0.15, 0.2) is 0 Å². The Morgan fingerprint density at radius 2 is 1.81 bits per heavy atom. The molecule has 0 aliphatic carbocycles. The van der Waals surface area contributed by atoms with Gasteiger partial charge in [-0.3, -0.25) is 0 Å². The van der Waals surface area contributed by atoms with E-state index in [2.05, 4.69) is 62.4 Å². The molecule has 0 saturated heterocycles. The zero-order chi connectivity index (χ0) is 15.4. The van der Waals surface area contributed by atoms with Crippen LogP contribution in [0.15, 0.2) is 18.3 Å². The van der Waals surface area contributed by atoms with Crippen LogP contribution in [-0.2, 0) is 13.1 Å². The van der Waals surface area contributed by atoms with Gasteiger partial charge in [-0.25, -0.2) is 4.68 Å². The van der Waals surface area contributed by atoms with Gasteiger partial charge in [-0.05, 0) is 49.9 Å². The molecule has 0 atom stereocenters. The average molecular weight is 286 g/mol. The van der Waals surface area contributed by atoms with Gasteiger partial charge in [0.2, 0.25) is 0 Å². The summed E-state index contributed by atoms with van der Waals surface area (Å²) in [6.45, 7) is 13.4. The fraction of sp³-hybridized carbons (Fsp3) is 0.529. The molecule has 4 heteroatoms. The van der Waals surface area contributed by atoms with Gasteiger partial charge >= 0.3 is 0 Å². The molecule has 114 valence electrons. The van der Waals surface area contributed by atoms with Gasteiger partial charge in [0, 0.05) is 6.54 Å². The van der Waals surface area contributed by atoms with E-state index in [0.717, 1.165) is 25.3 Å². The molecule has 2 rings (SSSR count). The number of aromatic nitrogens is 3. The number of nitrogens with one attached hydrogen (secondary N) is 1. The Kier molecular flexibility index (Phi) is 5.12. The molecule has 1 N–H and O–H groups in total. The SMILES string of the molecule is Cc1cc(C)c(Cn2cc(CNCC(C)C)nn2)c(C)c1. The molecule has 0 aliphatic heterocycles. The van der Waals surface area contributed by atoms with Crippen molar-refractivity contribution in [1.29, 1.82) is 0 Å². The molecule has 0 radical (unpaired) electrons. The van der Waals surface area contributed by atoms with Crippen LogP contribution in [0.5, 0.6) is 0 Å². The highest BCUT2D eigenvalue weighted by Crippen LogP contribution is 2.17. The maximum absolute atomic E-state index is 4.24. The van der Waals surface area contributed by atoms with Gasteiger partial charge in [-0.1, -0.05) is 36.8 Å². The molecule has 0 spiro atoms. The maximum atomic E-state index is 4.24. The lowest BCUT2D eigenvalue weighted by Gasteiger charge is -2.10. The molecule has 1 heterocycles. The Bertz CT molecular complexity index is 576. The Balaban J connectivity index is 2.03. The van der Waals surface area contributed by atoms with E-state index in [1.54, 1.807) is 0 Å². The highest BCUT2D eigenvalue weighted by molar-refractivity contribution is 5.37. The summed E-state index contributed by atoms with van der Waals surface area (Å²) in [7, 11) is 0. The van der Waals surface area contributed by atoms with Crippen molar-refractivity contribution in [3.8, 4) is 0 Å². The molecule has 1 aromatic carbocycles. The summed E-state index contributed by atoms with van der Waals surface area (Å²) in [6, 6.07) is 4.45. The second-order valence-electron chi connectivity index (χ2n) is 6.31. The van der Waals surface area contributed by atoms with Gasteiger partial charge in [0.1, 0.15) is 0 Å². The Morgan fingerprint density at radius 3 is 2.43 bits per heavy atom. The van der Waals surface area contributed by atoms with Crippen LogP contribution in [0.1, 0.15) is 41.8 Å². The Hall–Kier alpha value is -1.68. The van der Waals surface area contributed by atoms with Crippen molar-refractivity contribution in [2.75, 3.05) is 6.54 Å². The molecule has 0 saturated carbocycles. The standard InChI is InChI=1S/C17H26N4/c1-12(2)8-18-9-16-10-21(20-19-16)11-17-14(4)6-13(3)7-15(17)5/h6-7,10,12,18H,8-9,11H2,1-5H3. The first kappa shape index (κ1) is 15.7. The fourth-order valence-corrected chi connectivity index (χ4v) is 2.61. The number of hydrogen-bond acceptors (Lipinski definition) is 3. The van der Waals surface area contributed by atoms with Crippen molar-refractivity contribution in [3.63, 3.8) is 0 Å². The monoisotopic (exact) mass is 286 g/mol. The number of nitrogens with zero attached hydrogens (tertiary/aromatic N) is 3. The number of hydrogen-bond donors (Lipinski definition) is 1. The quantitative estimate of drug-likeness (QED) is 0.887. The van der Waals surface area contributed by atoms with Crippen LogP contribution in [0.4, 0.5) is 0 Å². The Morgan fingerprint density at radius 1 is 1.14 bits per heavy atom. The number of rotatable bonds is 6. The van der Waals surface area contributed by atoms with Crippen molar-refractivity contribution in [1.82, 2.24) is 20.3 Å². The predicted octanol–water partition coefficient (Wildman–Crippen LogP) is 3.00. The molecule has 0 unspecified atom stereocenters. The summed E-state index contributed by atoms with van der Waals surface area (Å²) in [5.41, 5.74) is 6.29. The molecule has 4 nitrogen and oxygen atoms in total. The normalized spacial score (nSPS) is 11.3. The lowest BCUT2D eigenvalue weighted by Crippen LogP contribution is -2.19. The lowest BCUT2D eigenvalue weighted by atomic mass is 10.00. The fourth-order valence-electron chi connectivity index (χ4n) is 2.61. The van der Waals surface area contributed by atoms with Crippen LogP contribution in [0.25, 0.3) is 0 Å². The van der Waals surface area contributed by atoms with Crippen molar-refractivity contribution in [3.05, 3.63) is 46.3 Å². The smallest absolute Gasteiger partial charge is 0.0964 e. The largest absolute Gasteiger partial charge is 0.311 e. The highest BCUT2D eigenvalue weighted by Gasteiger charge is 2.07. The molecule has 0 fully saturated rings. The van der Waals surface area contributed by atoms with E-state index in [4.69, 9.17) is 0 Å². The van der Waals surface area contributed by atoms with Crippen LogP contribution in [0.3, 0.4) is 0 Å². The first-order valence-corrected chi connectivity index (χ1v) is 7.62. The maximum Gasteiger partial charge on any atom is 0.0964 e. The second kappa shape index (κ2) is 6.85. The van der Waals surface area contributed by atoms with E-state index in [1.807, 2.05) is 10.9 Å². The van der Waals surface area contributed by atoms with Crippen molar-refractivity contribution in [2.24, 2.45) is 5.92 Å². The average Bonchev–Trinajstić information content (AvgIpc) is 2.81. The van der Waals surface area contributed by atoms with E-state index >= 15 is 0 Å². The third-order valence-corrected chi connectivity index (χ3v) is 3.61. The van der Waals surface area contributed by atoms with Crippen molar-refractivity contribution in [2.45, 2.75) is 47.7 Å². The van der Waals surface area contributed by atoms with Crippen LogP contribution in [0.2, 0.25) is 0 Å². The van der Waals surface area contributed by atoms with Crippen molar-refractivity contribution < 1.29 is 0 Å². The zero-order valence-corrected chi connectivity index (χ0v) is 13.8. The molecule has 0 amide bonds. The minimum atomic E-state index is 0.651. The lowest BCUT2D eigenvalue weighted by molar-refractivity contribution is 0.548. The van der Waals surface area contributed by atoms with Crippen molar-refractivity contribution >= 4 is 0 Å². The number of benzene rings is 1.